The smallest absolute Gasteiger partial charge is 0.308 e. The maximum Gasteiger partial charge on any atom is 0.308 e. The maximum atomic E-state index is 10.9. The first-order chi connectivity index (χ1) is 7.45. The van der Waals surface area contributed by atoms with Gasteiger partial charge >= 0.3 is 5.97 Å². The Bertz CT molecular complexity index is 401. The normalized spacial score (nSPS) is 12.1. The van der Waals surface area contributed by atoms with Crippen LogP contribution >= 0.6 is 22.6 Å². The molecule has 0 spiro atoms. The van der Waals surface area contributed by atoms with E-state index in [0.29, 0.717) is 20.6 Å². The maximum absolute atomic E-state index is 10.9. The average Bonchev–Trinajstić information content (AvgIpc) is 2.20. The number of methoxy groups -OCH3 is 1. The van der Waals surface area contributed by atoms with Crippen molar-refractivity contribution in [3.63, 3.8) is 0 Å². The molecule has 0 aliphatic rings. The van der Waals surface area contributed by atoms with Gasteiger partial charge in [0.25, 0.3) is 0 Å². The summed E-state index contributed by atoms with van der Waals surface area (Å²) in [5.74, 6) is 0.585. The summed E-state index contributed by atoms with van der Waals surface area (Å²) in [5, 5.41) is 9.49. The number of hydrogen-bond acceptors (Lipinski definition) is 4. The van der Waals surface area contributed by atoms with Crippen molar-refractivity contribution >= 4 is 28.6 Å². The molecule has 4 nitrogen and oxygen atoms in total. The second-order valence-electron chi connectivity index (χ2n) is 3.30. The molecule has 0 saturated heterocycles. The predicted octanol–water partition coefficient (Wildman–Crippen LogP) is 2.28. The molecule has 1 rings (SSSR count). The van der Waals surface area contributed by atoms with Crippen LogP contribution in [0.1, 0.15) is 25.5 Å². The van der Waals surface area contributed by atoms with Gasteiger partial charge in [0.2, 0.25) is 0 Å². The Hall–Kier alpha value is -0.820. The Kier molecular flexibility index (Phi) is 4.55. The summed E-state index contributed by atoms with van der Waals surface area (Å²) in [6, 6.07) is 3.36. The fourth-order valence-corrected chi connectivity index (χ4v) is 1.85. The number of ether oxygens (including phenoxy) is 2. The van der Waals surface area contributed by atoms with Crippen molar-refractivity contribution in [1.82, 2.24) is 0 Å². The highest BCUT2D eigenvalue weighted by Crippen LogP contribution is 2.34. The number of carbonyl (C=O) groups excluding carboxylic acids is 1. The van der Waals surface area contributed by atoms with Crippen LogP contribution in [0.15, 0.2) is 12.1 Å². The fraction of sp³-hybridized carbons (Fsp3) is 0.364. The molecule has 0 radical (unpaired) electrons. The van der Waals surface area contributed by atoms with Crippen LogP contribution in [-0.4, -0.2) is 18.2 Å². The highest BCUT2D eigenvalue weighted by molar-refractivity contribution is 14.1. The second-order valence-corrected chi connectivity index (χ2v) is 4.38. The minimum Gasteiger partial charge on any atom is -0.495 e. The van der Waals surface area contributed by atoms with Gasteiger partial charge < -0.3 is 14.6 Å². The monoisotopic (exact) mass is 336 g/mol. The summed E-state index contributed by atoms with van der Waals surface area (Å²) in [4.78, 5) is 10.9. The van der Waals surface area contributed by atoms with Gasteiger partial charge in [0.1, 0.15) is 11.5 Å². The van der Waals surface area contributed by atoms with Crippen molar-refractivity contribution in [2.75, 3.05) is 7.11 Å². The number of aliphatic hydroxyl groups is 1. The number of benzene rings is 1. The van der Waals surface area contributed by atoms with E-state index in [-0.39, 0.29) is 0 Å². The molecule has 1 aromatic carbocycles. The summed E-state index contributed by atoms with van der Waals surface area (Å²) in [5.41, 5.74) is 0.647. The number of rotatable bonds is 3. The highest BCUT2D eigenvalue weighted by atomic mass is 127. The quantitative estimate of drug-likeness (QED) is 0.523. The molecule has 1 N–H and O–H groups in total. The number of halogens is 1. The van der Waals surface area contributed by atoms with Gasteiger partial charge in [-0.1, -0.05) is 0 Å². The Morgan fingerprint density at radius 1 is 1.44 bits per heavy atom. The molecular weight excluding hydrogens is 323 g/mol. The molecule has 0 fully saturated rings. The average molecular weight is 336 g/mol. The lowest BCUT2D eigenvalue weighted by atomic mass is 10.1. The van der Waals surface area contributed by atoms with Crippen LogP contribution in [0.3, 0.4) is 0 Å². The first-order valence-corrected chi connectivity index (χ1v) is 5.77. The summed E-state index contributed by atoms with van der Waals surface area (Å²) in [7, 11) is 1.53. The van der Waals surface area contributed by atoms with E-state index in [1.165, 1.54) is 14.0 Å². The largest absolute Gasteiger partial charge is 0.495 e. The summed E-state index contributed by atoms with van der Waals surface area (Å²) in [6.07, 6.45) is -0.639. The summed E-state index contributed by atoms with van der Waals surface area (Å²) in [6.45, 7) is 2.97. The third-order valence-corrected chi connectivity index (χ3v) is 3.05. The minimum atomic E-state index is -0.639. The van der Waals surface area contributed by atoms with Crippen LogP contribution in [0.25, 0.3) is 0 Å². The zero-order valence-electron chi connectivity index (χ0n) is 9.28. The highest BCUT2D eigenvalue weighted by Gasteiger charge is 2.14. The molecule has 16 heavy (non-hydrogen) atoms. The van der Waals surface area contributed by atoms with Gasteiger partial charge in [-0.3, -0.25) is 4.79 Å². The number of carbonyl (C=O) groups is 1. The minimum absolute atomic E-state index is 0.400. The van der Waals surface area contributed by atoms with E-state index in [0.717, 1.165) is 0 Å². The molecule has 5 heteroatoms. The van der Waals surface area contributed by atoms with Gasteiger partial charge in [-0.25, -0.2) is 0 Å². The predicted molar refractivity (Wildman–Crippen MR) is 67.7 cm³/mol. The van der Waals surface area contributed by atoms with Crippen LogP contribution in [0.4, 0.5) is 0 Å². The van der Waals surface area contributed by atoms with Crippen LogP contribution in [0, 0.1) is 3.57 Å². The van der Waals surface area contributed by atoms with Crippen molar-refractivity contribution in [2.45, 2.75) is 20.0 Å². The van der Waals surface area contributed by atoms with Gasteiger partial charge in [-0.15, -0.1) is 0 Å². The van der Waals surface area contributed by atoms with E-state index in [4.69, 9.17) is 9.47 Å². The lowest BCUT2D eigenvalue weighted by molar-refractivity contribution is -0.131. The molecule has 0 aliphatic carbocycles. The molecule has 0 heterocycles. The van der Waals surface area contributed by atoms with E-state index in [1.807, 2.05) is 22.6 Å². The molecule has 1 unspecified atom stereocenters. The molecule has 0 amide bonds. The topological polar surface area (TPSA) is 55.8 Å². The van der Waals surface area contributed by atoms with Gasteiger partial charge in [-0.05, 0) is 47.2 Å². The number of hydrogen-bond donors (Lipinski definition) is 1. The first kappa shape index (κ1) is 13.2. The SMILES string of the molecule is COc1cc(C(C)O)cc(OC(C)=O)c1I. The van der Waals surface area contributed by atoms with Gasteiger partial charge in [0, 0.05) is 6.92 Å². The zero-order valence-corrected chi connectivity index (χ0v) is 11.4. The lowest BCUT2D eigenvalue weighted by Crippen LogP contribution is -2.05. The van der Waals surface area contributed by atoms with Gasteiger partial charge in [0.15, 0.2) is 0 Å². The molecule has 0 bridgehead atoms. The number of esters is 1. The summed E-state index contributed by atoms with van der Waals surface area (Å²) < 4.78 is 10.9. The molecule has 0 aliphatic heterocycles. The van der Waals surface area contributed by atoms with Gasteiger partial charge in [0.05, 0.1) is 16.8 Å². The molecule has 0 saturated carbocycles. The van der Waals surface area contributed by atoms with E-state index >= 15 is 0 Å². The van der Waals surface area contributed by atoms with E-state index < -0.39 is 12.1 Å². The van der Waals surface area contributed by atoms with Crippen LogP contribution in [0.5, 0.6) is 11.5 Å². The standard InChI is InChI=1S/C11H13IO4/c1-6(13)8-4-9(15-3)11(12)10(5-8)16-7(2)14/h4-6,13H,1-3H3. The third-order valence-electron chi connectivity index (χ3n) is 1.98. The fourth-order valence-electron chi connectivity index (χ4n) is 1.21. The van der Waals surface area contributed by atoms with Gasteiger partial charge in [-0.2, -0.15) is 0 Å². The number of aliphatic hydroxyl groups excluding tert-OH is 1. The van der Waals surface area contributed by atoms with Crippen molar-refractivity contribution in [3.05, 3.63) is 21.3 Å². The van der Waals surface area contributed by atoms with Crippen LogP contribution in [0.2, 0.25) is 0 Å². The van der Waals surface area contributed by atoms with Crippen molar-refractivity contribution in [2.24, 2.45) is 0 Å². The molecule has 88 valence electrons. The van der Waals surface area contributed by atoms with Crippen molar-refractivity contribution < 1.29 is 19.4 Å². The zero-order chi connectivity index (χ0) is 12.3. The Morgan fingerprint density at radius 3 is 2.44 bits per heavy atom. The lowest BCUT2D eigenvalue weighted by Gasteiger charge is -2.13. The Labute approximate surface area is 108 Å². The van der Waals surface area contributed by atoms with Crippen molar-refractivity contribution in [3.8, 4) is 11.5 Å². The second kappa shape index (κ2) is 5.49. The molecule has 1 aromatic rings. The van der Waals surface area contributed by atoms with E-state index in [1.54, 1.807) is 19.1 Å². The van der Waals surface area contributed by atoms with Crippen LogP contribution < -0.4 is 9.47 Å². The van der Waals surface area contributed by atoms with E-state index in [2.05, 4.69) is 0 Å². The Balaban J connectivity index is 3.24. The molecule has 1 atom stereocenters. The Morgan fingerprint density at radius 2 is 2.00 bits per heavy atom. The summed E-state index contributed by atoms with van der Waals surface area (Å²) >= 11 is 2.03. The molecule has 0 aromatic heterocycles. The van der Waals surface area contributed by atoms with Crippen molar-refractivity contribution in [1.29, 1.82) is 0 Å². The third kappa shape index (κ3) is 3.08. The van der Waals surface area contributed by atoms with E-state index in [9.17, 15) is 9.90 Å². The van der Waals surface area contributed by atoms with Crippen LogP contribution in [-0.2, 0) is 4.79 Å². The first-order valence-electron chi connectivity index (χ1n) is 4.69. The molecular formula is C11H13IO4.